The minimum atomic E-state index is 0.403. The number of hydrogen-bond donors (Lipinski definition) is 1. The molecule has 4 nitrogen and oxygen atoms in total. The van der Waals surface area contributed by atoms with Gasteiger partial charge in [0.1, 0.15) is 0 Å². The quantitative estimate of drug-likeness (QED) is 0.743. The Morgan fingerprint density at radius 1 is 0.944 bits per heavy atom. The van der Waals surface area contributed by atoms with E-state index >= 15 is 0 Å². The third kappa shape index (κ3) is 1.84. The van der Waals surface area contributed by atoms with Crippen LogP contribution in [0.15, 0.2) is 48.7 Å². The molecule has 0 radical (unpaired) electrons. The summed E-state index contributed by atoms with van der Waals surface area (Å²) in [5.74, 6) is 0.403. The molecule has 0 atom stereocenters. The van der Waals surface area contributed by atoms with Crippen LogP contribution in [0.1, 0.15) is 11.1 Å². The fourth-order valence-electron chi connectivity index (χ4n) is 1.83. The van der Waals surface area contributed by atoms with Crippen LogP contribution in [0, 0.1) is 0 Å². The highest BCUT2D eigenvalue weighted by Crippen LogP contribution is 2.14. The average Bonchev–Trinajstić information content (AvgIpc) is 2.80. The van der Waals surface area contributed by atoms with E-state index in [-0.39, 0.29) is 0 Å². The summed E-state index contributed by atoms with van der Waals surface area (Å²) in [5, 5.41) is 7.94. The molecule has 88 valence electrons. The minimum absolute atomic E-state index is 0.403. The van der Waals surface area contributed by atoms with Crippen molar-refractivity contribution >= 4 is 23.7 Å². The molecule has 3 rings (SSSR count). The number of anilines is 1. The Bertz CT molecular complexity index is 698. The first-order valence-electron chi connectivity index (χ1n) is 5.67. The molecule has 3 aromatic rings. The monoisotopic (exact) mass is 236 g/mol. The first kappa shape index (κ1) is 10.5. The van der Waals surface area contributed by atoms with Crippen LogP contribution in [0.3, 0.4) is 0 Å². The van der Waals surface area contributed by atoms with Crippen LogP contribution in [0.5, 0.6) is 0 Å². The Hall–Kier alpha value is -2.62. The van der Waals surface area contributed by atoms with Crippen LogP contribution in [0.2, 0.25) is 0 Å². The van der Waals surface area contributed by atoms with E-state index in [2.05, 4.69) is 22.3 Å². The Kier molecular flexibility index (Phi) is 2.53. The van der Waals surface area contributed by atoms with Crippen molar-refractivity contribution in [3.8, 4) is 0 Å². The number of nitrogen functional groups attached to an aromatic ring is 1. The van der Waals surface area contributed by atoms with Gasteiger partial charge in [-0.05, 0) is 17.7 Å². The number of hydrogen-bond acceptors (Lipinski definition) is 3. The summed E-state index contributed by atoms with van der Waals surface area (Å²) < 4.78 is 1.77. The molecule has 2 N–H and O–H groups in total. The van der Waals surface area contributed by atoms with Gasteiger partial charge < -0.3 is 5.73 Å². The zero-order valence-electron chi connectivity index (χ0n) is 9.69. The van der Waals surface area contributed by atoms with Crippen LogP contribution in [-0.2, 0) is 0 Å². The van der Waals surface area contributed by atoms with E-state index in [0.717, 1.165) is 16.8 Å². The second kappa shape index (κ2) is 4.33. The summed E-state index contributed by atoms with van der Waals surface area (Å²) in [7, 11) is 0. The fourth-order valence-corrected chi connectivity index (χ4v) is 1.83. The third-order valence-electron chi connectivity index (χ3n) is 2.75. The van der Waals surface area contributed by atoms with Gasteiger partial charge in [0.15, 0.2) is 5.65 Å². The molecule has 0 spiro atoms. The van der Waals surface area contributed by atoms with E-state index in [1.807, 2.05) is 48.7 Å². The van der Waals surface area contributed by atoms with Gasteiger partial charge in [0.2, 0.25) is 5.95 Å². The highest BCUT2D eigenvalue weighted by atomic mass is 15.3. The lowest BCUT2D eigenvalue weighted by molar-refractivity contribution is 1.12. The molecule has 0 amide bonds. The van der Waals surface area contributed by atoms with Crippen LogP contribution in [0.4, 0.5) is 5.95 Å². The van der Waals surface area contributed by atoms with Crippen molar-refractivity contribution in [2.24, 2.45) is 0 Å². The van der Waals surface area contributed by atoms with E-state index < -0.39 is 0 Å². The van der Waals surface area contributed by atoms with Crippen molar-refractivity contribution < 1.29 is 0 Å². The standard InChI is InChI=1S/C14H12N4/c15-14-17-16-13-12(7-4-10-18(13)14)9-8-11-5-2-1-3-6-11/h1-10H,(H2,15,17). The molecular weight excluding hydrogens is 224 g/mol. The van der Waals surface area contributed by atoms with Gasteiger partial charge in [0.05, 0.1) is 0 Å². The number of aromatic nitrogens is 3. The summed E-state index contributed by atoms with van der Waals surface area (Å²) in [6.45, 7) is 0. The average molecular weight is 236 g/mol. The SMILES string of the molecule is Nc1nnc2c(C=Cc3ccccc3)cccn12. The molecule has 0 aliphatic carbocycles. The largest absolute Gasteiger partial charge is 0.368 e. The number of benzene rings is 1. The van der Waals surface area contributed by atoms with Crippen molar-refractivity contribution in [1.82, 2.24) is 14.6 Å². The summed E-state index contributed by atoms with van der Waals surface area (Å²) in [6, 6.07) is 14.0. The van der Waals surface area contributed by atoms with Crippen molar-refractivity contribution in [2.45, 2.75) is 0 Å². The van der Waals surface area contributed by atoms with Crippen LogP contribution >= 0.6 is 0 Å². The van der Waals surface area contributed by atoms with Gasteiger partial charge in [0.25, 0.3) is 0 Å². The Morgan fingerprint density at radius 2 is 1.78 bits per heavy atom. The van der Waals surface area contributed by atoms with Gasteiger partial charge in [-0.2, -0.15) is 0 Å². The van der Waals surface area contributed by atoms with Crippen molar-refractivity contribution in [3.05, 3.63) is 59.8 Å². The lowest BCUT2D eigenvalue weighted by Gasteiger charge is -1.98. The Morgan fingerprint density at radius 3 is 2.61 bits per heavy atom. The fraction of sp³-hybridized carbons (Fsp3) is 0. The number of fused-ring (bicyclic) bond motifs is 1. The Labute approximate surface area is 104 Å². The first-order chi connectivity index (χ1) is 8.84. The van der Waals surface area contributed by atoms with E-state index in [9.17, 15) is 0 Å². The maximum atomic E-state index is 5.72. The molecule has 0 bridgehead atoms. The smallest absolute Gasteiger partial charge is 0.226 e. The second-order valence-corrected chi connectivity index (χ2v) is 3.96. The minimum Gasteiger partial charge on any atom is -0.368 e. The maximum Gasteiger partial charge on any atom is 0.226 e. The zero-order chi connectivity index (χ0) is 12.4. The number of nitrogens with two attached hydrogens (primary N) is 1. The molecule has 2 heterocycles. The molecule has 0 saturated carbocycles. The highest BCUT2D eigenvalue weighted by Gasteiger charge is 2.03. The molecule has 1 aromatic carbocycles. The van der Waals surface area contributed by atoms with Gasteiger partial charge >= 0.3 is 0 Å². The van der Waals surface area contributed by atoms with E-state index in [4.69, 9.17) is 5.73 Å². The third-order valence-corrected chi connectivity index (χ3v) is 2.75. The van der Waals surface area contributed by atoms with Gasteiger partial charge in [-0.15, -0.1) is 10.2 Å². The van der Waals surface area contributed by atoms with Crippen LogP contribution < -0.4 is 5.73 Å². The molecule has 0 fully saturated rings. The lowest BCUT2D eigenvalue weighted by Crippen LogP contribution is -1.93. The molecule has 0 aliphatic rings. The van der Waals surface area contributed by atoms with Crippen LogP contribution in [-0.4, -0.2) is 14.6 Å². The summed E-state index contributed by atoms with van der Waals surface area (Å²) >= 11 is 0. The maximum absolute atomic E-state index is 5.72. The molecule has 0 saturated heterocycles. The number of pyridine rings is 1. The van der Waals surface area contributed by atoms with E-state index in [0.29, 0.717) is 5.95 Å². The summed E-state index contributed by atoms with van der Waals surface area (Å²) in [4.78, 5) is 0. The highest BCUT2D eigenvalue weighted by molar-refractivity contribution is 5.76. The lowest BCUT2D eigenvalue weighted by atomic mass is 10.1. The first-order valence-corrected chi connectivity index (χ1v) is 5.67. The zero-order valence-corrected chi connectivity index (χ0v) is 9.69. The molecule has 4 heteroatoms. The number of rotatable bonds is 2. The van der Waals surface area contributed by atoms with E-state index in [1.54, 1.807) is 4.40 Å². The summed E-state index contributed by atoms with van der Waals surface area (Å²) in [5.41, 5.74) is 8.62. The predicted molar refractivity (Wildman–Crippen MR) is 72.8 cm³/mol. The van der Waals surface area contributed by atoms with Gasteiger partial charge in [-0.25, -0.2) is 0 Å². The predicted octanol–water partition coefficient (Wildman–Crippen LogP) is 2.48. The van der Waals surface area contributed by atoms with E-state index in [1.165, 1.54) is 0 Å². The topological polar surface area (TPSA) is 56.2 Å². The number of nitrogens with zero attached hydrogens (tertiary/aromatic N) is 3. The van der Waals surface area contributed by atoms with Crippen molar-refractivity contribution in [3.63, 3.8) is 0 Å². The second-order valence-electron chi connectivity index (χ2n) is 3.96. The van der Waals surface area contributed by atoms with Crippen molar-refractivity contribution in [2.75, 3.05) is 5.73 Å². The molecular formula is C14H12N4. The molecule has 18 heavy (non-hydrogen) atoms. The molecule has 2 aromatic heterocycles. The van der Waals surface area contributed by atoms with Crippen molar-refractivity contribution in [1.29, 1.82) is 0 Å². The molecule has 0 unspecified atom stereocenters. The molecule has 0 aliphatic heterocycles. The Balaban J connectivity index is 2.03. The van der Waals surface area contributed by atoms with Crippen LogP contribution in [0.25, 0.3) is 17.8 Å². The van der Waals surface area contributed by atoms with Gasteiger partial charge in [-0.1, -0.05) is 42.5 Å². The van der Waals surface area contributed by atoms with Gasteiger partial charge in [-0.3, -0.25) is 4.40 Å². The summed E-state index contributed by atoms with van der Waals surface area (Å²) in [6.07, 6.45) is 5.91. The normalized spacial score (nSPS) is 11.3. The van der Waals surface area contributed by atoms with Gasteiger partial charge in [0, 0.05) is 11.8 Å².